The van der Waals surface area contributed by atoms with Crippen LogP contribution in [-0.4, -0.2) is 32.3 Å². The summed E-state index contributed by atoms with van der Waals surface area (Å²) in [4.78, 5) is 39.3. The highest BCUT2D eigenvalue weighted by molar-refractivity contribution is 7.16. The van der Waals surface area contributed by atoms with E-state index in [0.29, 0.717) is 40.9 Å². The van der Waals surface area contributed by atoms with Crippen molar-refractivity contribution in [3.63, 3.8) is 0 Å². The lowest BCUT2D eigenvalue weighted by Gasteiger charge is -2.20. The van der Waals surface area contributed by atoms with Gasteiger partial charge in [0.05, 0.1) is 10.9 Å². The second kappa shape index (κ2) is 9.62. The number of aromatic amines is 1. The number of carbonyl (C=O) groups excluding carboxylic acids is 1. The van der Waals surface area contributed by atoms with Crippen molar-refractivity contribution in [2.24, 2.45) is 0 Å². The van der Waals surface area contributed by atoms with Crippen LogP contribution >= 0.6 is 22.9 Å². The van der Waals surface area contributed by atoms with Gasteiger partial charge >= 0.3 is 0 Å². The number of H-pyrrole nitrogens is 1. The lowest BCUT2D eigenvalue weighted by Crippen LogP contribution is -2.31. The molecule has 29 heavy (non-hydrogen) atoms. The van der Waals surface area contributed by atoms with Crippen LogP contribution in [0, 0.1) is 6.92 Å². The van der Waals surface area contributed by atoms with E-state index in [2.05, 4.69) is 21.5 Å². The first-order valence-electron chi connectivity index (χ1n) is 9.11. The highest BCUT2D eigenvalue weighted by Gasteiger charge is 2.16. The van der Waals surface area contributed by atoms with E-state index in [-0.39, 0.29) is 17.9 Å². The number of carbonyl (C=O) groups is 1. The molecule has 1 N–H and O–H groups in total. The number of pyridine rings is 1. The summed E-state index contributed by atoms with van der Waals surface area (Å²) in [7, 11) is 0. The Morgan fingerprint density at radius 2 is 2.07 bits per heavy atom. The van der Waals surface area contributed by atoms with E-state index in [0.717, 1.165) is 10.4 Å². The number of aryl methyl sites for hydroxylation is 1. The minimum Gasteiger partial charge on any atom is -0.334 e. The molecule has 6 nitrogen and oxygen atoms in total. The molecule has 3 aromatic heterocycles. The maximum absolute atomic E-state index is 12.7. The number of aromatic nitrogens is 3. The molecule has 3 aromatic rings. The van der Waals surface area contributed by atoms with E-state index in [1.807, 2.05) is 12.1 Å². The fourth-order valence-electron chi connectivity index (χ4n) is 2.98. The van der Waals surface area contributed by atoms with Crippen LogP contribution in [0.5, 0.6) is 0 Å². The predicted molar refractivity (Wildman–Crippen MR) is 116 cm³/mol. The van der Waals surface area contributed by atoms with E-state index in [1.54, 1.807) is 42.4 Å². The zero-order valence-electron chi connectivity index (χ0n) is 16.0. The van der Waals surface area contributed by atoms with Gasteiger partial charge in [0, 0.05) is 47.1 Å². The molecule has 150 valence electrons. The molecule has 0 spiro atoms. The number of nitrogens with zero attached hydrogens (tertiary/aromatic N) is 3. The van der Waals surface area contributed by atoms with Crippen molar-refractivity contribution in [1.82, 2.24) is 19.9 Å². The van der Waals surface area contributed by atoms with Crippen molar-refractivity contribution in [3.05, 3.63) is 80.1 Å². The van der Waals surface area contributed by atoms with Crippen molar-refractivity contribution in [3.8, 4) is 11.4 Å². The third-order valence-corrected chi connectivity index (χ3v) is 5.66. The standard InChI is InChI=1S/C21H21ClN4O2S/c1-3-12-26(13-16-4-6-18(22)29-16)19(27)7-5-17-14(2)24-20(25-21(17)28)15-8-10-23-11-9-15/h3-4,6,8-11H,1,5,7,12-13H2,2H3,(H,24,25,28). The first kappa shape index (κ1) is 21.0. The molecule has 0 bridgehead atoms. The van der Waals surface area contributed by atoms with Crippen LogP contribution in [0.1, 0.15) is 22.6 Å². The van der Waals surface area contributed by atoms with Crippen LogP contribution in [-0.2, 0) is 17.8 Å². The average Bonchev–Trinajstić information content (AvgIpc) is 3.12. The van der Waals surface area contributed by atoms with Crippen LogP contribution in [0.15, 0.2) is 54.1 Å². The molecule has 3 heterocycles. The van der Waals surface area contributed by atoms with Gasteiger partial charge < -0.3 is 9.88 Å². The number of rotatable bonds is 8. The quantitative estimate of drug-likeness (QED) is 0.550. The Hall–Kier alpha value is -2.77. The SMILES string of the molecule is C=CCN(Cc1ccc(Cl)s1)C(=O)CCc1c(C)nc(-c2ccncc2)[nH]c1=O. The Morgan fingerprint density at radius 3 is 2.69 bits per heavy atom. The maximum atomic E-state index is 12.7. The molecule has 0 saturated carbocycles. The van der Waals surface area contributed by atoms with Gasteiger partial charge in [-0.1, -0.05) is 17.7 Å². The fraction of sp³-hybridized carbons (Fsp3) is 0.238. The van der Waals surface area contributed by atoms with Gasteiger partial charge in [-0.05, 0) is 37.6 Å². The largest absolute Gasteiger partial charge is 0.334 e. The third kappa shape index (κ3) is 5.40. The summed E-state index contributed by atoms with van der Waals surface area (Å²) in [5.74, 6) is 0.444. The Kier molecular flexibility index (Phi) is 6.95. The van der Waals surface area contributed by atoms with Crippen molar-refractivity contribution >= 4 is 28.8 Å². The summed E-state index contributed by atoms with van der Waals surface area (Å²) in [5.41, 5.74) is 1.70. The van der Waals surface area contributed by atoms with Gasteiger partial charge in [-0.15, -0.1) is 17.9 Å². The smallest absolute Gasteiger partial charge is 0.254 e. The molecular formula is C21H21ClN4O2S. The summed E-state index contributed by atoms with van der Waals surface area (Å²) in [6, 6.07) is 7.29. The molecule has 0 unspecified atom stereocenters. The van der Waals surface area contributed by atoms with Gasteiger partial charge in [-0.25, -0.2) is 4.98 Å². The summed E-state index contributed by atoms with van der Waals surface area (Å²) in [6.45, 7) is 6.42. The van der Waals surface area contributed by atoms with E-state index in [1.165, 1.54) is 11.3 Å². The molecule has 0 atom stereocenters. The zero-order valence-corrected chi connectivity index (χ0v) is 17.6. The molecular weight excluding hydrogens is 408 g/mol. The van der Waals surface area contributed by atoms with E-state index < -0.39 is 0 Å². The normalized spacial score (nSPS) is 10.7. The molecule has 1 amide bonds. The highest BCUT2D eigenvalue weighted by atomic mass is 35.5. The Labute approximate surface area is 177 Å². The van der Waals surface area contributed by atoms with Crippen molar-refractivity contribution in [1.29, 1.82) is 0 Å². The summed E-state index contributed by atoms with van der Waals surface area (Å²) in [6.07, 6.45) is 5.52. The van der Waals surface area contributed by atoms with Gasteiger partial charge in [-0.3, -0.25) is 14.6 Å². The highest BCUT2D eigenvalue weighted by Crippen LogP contribution is 2.23. The molecule has 0 saturated heterocycles. The molecule has 0 fully saturated rings. The lowest BCUT2D eigenvalue weighted by molar-refractivity contribution is -0.131. The third-order valence-electron chi connectivity index (χ3n) is 4.44. The predicted octanol–water partition coefficient (Wildman–Crippen LogP) is 4.00. The van der Waals surface area contributed by atoms with Gasteiger partial charge in [0.15, 0.2) is 0 Å². The van der Waals surface area contributed by atoms with Crippen LogP contribution in [0.4, 0.5) is 0 Å². The van der Waals surface area contributed by atoms with E-state index in [4.69, 9.17) is 11.6 Å². The Bertz CT molecular complexity index is 1060. The number of thiophene rings is 1. The van der Waals surface area contributed by atoms with Crippen LogP contribution < -0.4 is 5.56 Å². The number of halogens is 1. The minimum absolute atomic E-state index is 0.0496. The van der Waals surface area contributed by atoms with Crippen molar-refractivity contribution in [2.45, 2.75) is 26.3 Å². The zero-order chi connectivity index (χ0) is 20.8. The first-order valence-corrected chi connectivity index (χ1v) is 10.3. The lowest BCUT2D eigenvalue weighted by atomic mass is 10.1. The van der Waals surface area contributed by atoms with Crippen LogP contribution in [0.25, 0.3) is 11.4 Å². The molecule has 0 aromatic carbocycles. The van der Waals surface area contributed by atoms with Gasteiger partial charge in [-0.2, -0.15) is 0 Å². The fourth-order valence-corrected chi connectivity index (χ4v) is 4.08. The topological polar surface area (TPSA) is 79.0 Å². The van der Waals surface area contributed by atoms with Crippen molar-refractivity contribution in [2.75, 3.05) is 6.54 Å². The maximum Gasteiger partial charge on any atom is 0.254 e. The molecule has 0 aliphatic heterocycles. The first-order chi connectivity index (χ1) is 14.0. The van der Waals surface area contributed by atoms with Gasteiger partial charge in [0.1, 0.15) is 5.82 Å². The second-order valence-corrected chi connectivity index (χ2v) is 8.28. The van der Waals surface area contributed by atoms with Crippen molar-refractivity contribution < 1.29 is 4.79 Å². The summed E-state index contributed by atoms with van der Waals surface area (Å²) in [5, 5.41) is 0. The number of hydrogen-bond acceptors (Lipinski definition) is 5. The molecule has 8 heteroatoms. The summed E-state index contributed by atoms with van der Waals surface area (Å²) < 4.78 is 0.688. The minimum atomic E-state index is -0.225. The number of amides is 1. The monoisotopic (exact) mass is 428 g/mol. The number of nitrogens with one attached hydrogen (secondary N) is 1. The molecule has 3 rings (SSSR count). The summed E-state index contributed by atoms with van der Waals surface area (Å²) >= 11 is 7.43. The van der Waals surface area contributed by atoms with Gasteiger partial charge in [0.2, 0.25) is 5.91 Å². The second-order valence-electron chi connectivity index (χ2n) is 6.48. The molecule has 0 aliphatic rings. The van der Waals surface area contributed by atoms with E-state index in [9.17, 15) is 9.59 Å². The van der Waals surface area contributed by atoms with Gasteiger partial charge in [0.25, 0.3) is 5.56 Å². The molecule has 0 aliphatic carbocycles. The number of hydrogen-bond donors (Lipinski definition) is 1. The van der Waals surface area contributed by atoms with Crippen LogP contribution in [0.2, 0.25) is 4.34 Å². The van der Waals surface area contributed by atoms with Crippen LogP contribution in [0.3, 0.4) is 0 Å². The molecule has 0 radical (unpaired) electrons. The van der Waals surface area contributed by atoms with E-state index >= 15 is 0 Å². The Balaban J connectivity index is 1.71. The average molecular weight is 429 g/mol. The Morgan fingerprint density at radius 1 is 1.31 bits per heavy atom.